The van der Waals surface area contributed by atoms with Gasteiger partial charge in [-0.25, -0.2) is 13.8 Å². The summed E-state index contributed by atoms with van der Waals surface area (Å²) >= 11 is 0. The van der Waals surface area contributed by atoms with E-state index in [2.05, 4.69) is 4.98 Å². The summed E-state index contributed by atoms with van der Waals surface area (Å²) < 4.78 is 24.5. The van der Waals surface area contributed by atoms with Gasteiger partial charge in [0.15, 0.2) is 11.6 Å². The van der Waals surface area contributed by atoms with Gasteiger partial charge in [-0.3, -0.25) is 0 Å². The van der Waals surface area contributed by atoms with Crippen molar-refractivity contribution >= 4 is 5.82 Å². The van der Waals surface area contributed by atoms with Gasteiger partial charge >= 0.3 is 0 Å². The average molecular weight is 174 g/mol. The fourth-order valence-electron chi connectivity index (χ4n) is 0.897. The normalized spacial score (nSPS) is 10.7. The van der Waals surface area contributed by atoms with Crippen LogP contribution in [0.15, 0.2) is 6.20 Å². The van der Waals surface area contributed by atoms with E-state index < -0.39 is 17.7 Å². The molecule has 1 rings (SSSR count). The van der Waals surface area contributed by atoms with Crippen LogP contribution in [0.25, 0.3) is 0 Å². The average Bonchev–Trinajstić information content (AvgIpc) is 1.97. The van der Waals surface area contributed by atoms with Gasteiger partial charge in [0.25, 0.3) is 6.43 Å². The van der Waals surface area contributed by atoms with E-state index in [1.54, 1.807) is 0 Å². The molecule has 0 spiro atoms. The van der Waals surface area contributed by atoms with Crippen molar-refractivity contribution < 1.29 is 13.9 Å². The number of hydrogen-bond donors (Lipinski definition) is 2. The molecule has 0 unspecified atom stereocenters. The van der Waals surface area contributed by atoms with Gasteiger partial charge in [0, 0.05) is 6.20 Å². The molecule has 5 heteroatoms. The predicted octanol–water partition coefficient (Wildman–Crippen LogP) is 1.62. The first-order chi connectivity index (χ1) is 5.54. The number of nitrogen functional groups attached to an aromatic ring is 1. The van der Waals surface area contributed by atoms with E-state index in [1.165, 1.54) is 13.1 Å². The number of hydrogen-bond acceptors (Lipinski definition) is 3. The van der Waals surface area contributed by atoms with Crippen LogP contribution in [0.3, 0.4) is 0 Å². The van der Waals surface area contributed by atoms with Crippen molar-refractivity contribution in [3.63, 3.8) is 0 Å². The molecule has 1 heterocycles. The van der Waals surface area contributed by atoms with Crippen LogP contribution in [0.4, 0.5) is 14.6 Å². The monoisotopic (exact) mass is 174 g/mol. The highest BCUT2D eigenvalue weighted by Crippen LogP contribution is 2.33. The Morgan fingerprint density at radius 1 is 1.58 bits per heavy atom. The molecular formula is C7H8F2N2O. The smallest absolute Gasteiger partial charge is 0.267 e. The van der Waals surface area contributed by atoms with E-state index in [0.717, 1.165) is 0 Å². The Hall–Kier alpha value is -1.39. The fraction of sp³-hybridized carbons (Fsp3) is 0.286. The first-order valence-corrected chi connectivity index (χ1v) is 3.26. The van der Waals surface area contributed by atoms with Crippen molar-refractivity contribution in [2.24, 2.45) is 0 Å². The van der Waals surface area contributed by atoms with Gasteiger partial charge in [-0.15, -0.1) is 0 Å². The van der Waals surface area contributed by atoms with Gasteiger partial charge in [-0.05, 0) is 12.5 Å². The summed E-state index contributed by atoms with van der Waals surface area (Å²) in [5, 5.41) is 9.08. The molecule has 0 amide bonds. The molecule has 0 bridgehead atoms. The number of aryl methyl sites for hydroxylation is 1. The van der Waals surface area contributed by atoms with E-state index in [9.17, 15) is 8.78 Å². The number of halogens is 2. The molecule has 0 aliphatic rings. The van der Waals surface area contributed by atoms with Crippen LogP contribution in [0.5, 0.6) is 5.75 Å². The molecule has 0 aliphatic carbocycles. The third-order valence-corrected chi connectivity index (χ3v) is 1.54. The van der Waals surface area contributed by atoms with Crippen LogP contribution in [0, 0.1) is 6.92 Å². The molecular weight excluding hydrogens is 166 g/mol. The van der Waals surface area contributed by atoms with Gasteiger partial charge in [0.05, 0.1) is 5.56 Å². The Kier molecular flexibility index (Phi) is 2.12. The molecule has 1 aromatic heterocycles. The summed E-state index contributed by atoms with van der Waals surface area (Å²) in [6.45, 7) is 1.44. The third-order valence-electron chi connectivity index (χ3n) is 1.54. The zero-order valence-electron chi connectivity index (χ0n) is 6.38. The number of rotatable bonds is 1. The Labute approximate surface area is 67.8 Å². The second kappa shape index (κ2) is 2.92. The lowest BCUT2D eigenvalue weighted by molar-refractivity contribution is 0.146. The molecule has 0 aromatic carbocycles. The quantitative estimate of drug-likeness (QED) is 0.680. The summed E-state index contributed by atoms with van der Waals surface area (Å²) in [5.74, 6) is -0.888. The topological polar surface area (TPSA) is 59.1 Å². The Morgan fingerprint density at radius 2 is 2.17 bits per heavy atom. The SMILES string of the molecule is Cc1cnc(N)c(O)c1C(F)F. The highest BCUT2D eigenvalue weighted by molar-refractivity contribution is 5.52. The van der Waals surface area contributed by atoms with Crippen molar-refractivity contribution in [3.05, 3.63) is 17.3 Å². The van der Waals surface area contributed by atoms with Crippen molar-refractivity contribution in [1.29, 1.82) is 0 Å². The number of pyridine rings is 1. The summed E-state index contributed by atoms with van der Waals surface area (Å²) in [5.41, 5.74) is 4.92. The fourth-order valence-corrected chi connectivity index (χ4v) is 0.897. The maximum atomic E-state index is 12.2. The van der Waals surface area contributed by atoms with Crippen molar-refractivity contribution in [1.82, 2.24) is 4.98 Å². The van der Waals surface area contributed by atoms with Crippen molar-refractivity contribution in [2.75, 3.05) is 5.73 Å². The lowest BCUT2D eigenvalue weighted by atomic mass is 10.1. The predicted molar refractivity (Wildman–Crippen MR) is 40.0 cm³/mol. The van der Waals surface area contributed by atoms with E-state index in [-0.39, 0.29) is 11.4 Å². The van der Waals surface area contributed by atoms with Crippen LogP contribution < -0.4 is 5.73 Å². The van der Waals surface area contributed by atoms with Crippen molar-refractivity contribution in [3.8, 4) is 5.75 Å². The largest absolute Gasteiger partial charge is 0.504 e. The Bertz CT molecular complexity index is 302. The van der Waals surface area contributed by atoms with E-state index in [1.807, 2.05) is 0 Å². The molecule has 12 heavy (non-hydrogen) atoms. The Balaban J connectivity index is 3.33. The molecule has 66 valence electrons. The minimum absolute atomic E-state index is 0.233. The minimum atomic E-state index is -2.73. The minimum Gasteiger partial charge on any atom is -0.504 e. The lowest BCUT2D eigenvalue weighted by Crippen LogP contribution is -1.97. The molecule has 0 saturated heterocycles. The van der Waals surface area contributed by atoms with Gasteiger partial charge in [0.2, 0.25) is 0 Å². The number of anilines is 1. The summed E-state index contributed by atoms with van der Waals surface area (Å²) in [4.78, 5) is 3.52. The molecule has 0 fully saturated rings. The van der Waals surface area contributed by atoms with E-state index >= 15 is 0 Å². The second-order valence-electron chi connectivity index (χ2n) is 2.39. The van der Waals surface area contributed by atoms with Crippen LogP contribution in [-0.4, -0.2) is 10.1 Å². The zero-order chi connectivity index (χ0) is 9.30. The highest BCUT2D eigenvalue weighted by atomic mass is 19.3. The molecule has 0 atom stereocenters. The van der Waals surface area contributed by atoms with Gasteiger partial charge in [-0.2, -0.15) is 0 Å². The Morgan fingerprint density at radius 3 is 2.58 bits per heavy atom. The van der Waals surface area contributed by atoms with Crippen LogP contribution in [0.2, 0.25) is 0 Å². The van der Waals surface area contributed by atoms with Crippen LogP contribution in [0.1, 0.15) is 17.6 Å². The summed E-state index contributed by atoms with van der Waals surface area (Å²) in [6, 6.07) is 0. The number of aromatic nitrogens is 1. The van der Waals surface area contributed by atoms with Gasteiger partial charge in [-0.1, -0.05) is 0 Å². The number of nitrogens with two attached hydrogens (primary N) is 1. The van der Waals surface area contributed by atoms with E-state index in [4.69, 9.17) is 10.8 Å². The van der Waals surface area contributed by atoms with Gasteiger partial charge < -0.3 is 10.8 Å². The summed E-state index contributed by atoms with van der Waals surface area (Å²) in [7, 11) is 0. The highest BCUT2D eigenvalue weighted by Gasteiger charge is 2.18. The van der Waals surface area contributed by atoms with Crippen molar-refractivity contribution in [2.45, 2.75) is 13.3 Å². The zero-order valence-corrected chi connectivity index (χ0v) is 6.38. The molecule has 3 nitrogen and oxygen atoms in total. The number of aromatic hydroxyl groups is 1. The molecule has 3 N–H and O–H groups in total. The maximum Gasteiger partial charge on any atom is 0.267 e. The molecule has 1 aromatic rings. The van der Waals surface area contributed by atoms with E-state index in [0.29, 0.717) is 0 Å². The first-order valence-electron chi connectivity index (χ1n) is 3.26. The first kappa shape index (κ1) is 8.70. The number of nitrogens with zero attached hydrogens (tertiary/aromatic N) is 1. The molecule has 0 radical (unpaired) electrons. The molecule has 0 saturated carbocycles. The maximum absolute atomic E-state index is 12.2. The van der Waals surface area contributed by atoms with Crippen LogP contribution >= 0.6 is 0 Å². The number of alkyl halides is 2. The van der Waals surface area contributed by atoms with Gasteiger partial charge in [0.1, 0.15) is 0 Å². The standard InChI is InChI=1S/C7H8F2N2O/c1-3-2-11-7(10)5(12)4(3)6(8)9/h2,6,12H,1H3,(H2,10,11). The third kappa shape index (κ3) is 1.30. The molecule has 0 aliphatic heterocycles. The lowest BCUT2D eigenvalue weighted by Gasteiger charge is -2.07. The summed E-state index contributed by atoms with van der Waals surface area (Å²) in [6.07, 6.45) is -1.52. The second-order valence-corrected chi connectivity index (χ2v) is 2.39. The van der Waals surface area contributed by atoms with Crippen LogP contribution in [-0.2, 0) is 0 Å².